The summed E-state index contributed by atoms with van der Waals surface area (Å²) in [5.74, 6) is 0. The van der Waals surface area contributed by atoms with Gasteiger partial charge in [-0.2, -0.15) is 0 Å². The van der Waals surface area contributed by atoms with E-state index in [0.717, 1.165) is 5.71 Å². The topological polar surface area (TPSA) is 12.4 Å². The first-order chi connectivity index (χ1) is 7.23. The van der Waals surface area contributed by atoms with Crippen LogP contribution in [-0.2, 0) is 5.54 Å². The molecular formula is C14H20ClN. The van der Waals surface area contributed by atoms with E-state index in [1.807, 2.05) is 39.0 Å². The Morgan fingerprint density at radius 3 is 2.00 bits per heavy atom. The molecule has 0 N–H and O–H groups in total. The smallest absolute Gasteiger partial charge is 0.0800 e. The fraction of sp³-hybridized carbons (Fsp3) is 0.500. The van der Waals surface area contributed by atoms with Crippen LogP contribution < -0.4 is 0 Å². The van der Waals surface area contributed by atoms with Crippen LogP contribution in [0.3, 0.4) is 0 Å². The van der Waals surface area contributed by atoms with Crippen LogP contribution in [0.1, 0.15) is 40.2 Å². The predicted octanol–water partition coefficient (Wildman–Crippen LogP) is 4.40. The number of hydrogen-bond acceptors (Lipinski definition) is 1. The summed E-state index contributed by atoms with van der Waals surface area (Å²) in [5.41, 5.74) is 1.94. The monoisotopic (exact) mass is 237 g/mol. The summed E-state index contributed by atoms with van der Waals surface area (Å²) in [6.45, 7) is 10.1. The van der Waals surface area contributed by atoms with Crippen LogP contribution in [0.2, 0.25) is 0 Å². The Bertz CT molecular complexity index is 371. The van der Waals surface area contributed by atoms with E-state index in [4.69, 9.17) is 16.6 Å². The van der Waals surface area contributed by atoms with Gasteiger partial charge in [-0.3, -0.25) is 4.99 Å². The molecule has 1 aromatic carbocycles. The van der Waals surface area contributed by atoms with E-state index in [-0.39, 0.29) is 10.4 Å². The second kappa shape index (κ2) is 4.58. The molecule has 1 aromatic rings. The third kappa shape index (κ3) is 3.34. The second-order valence-electron chi connectivity index (χ2n) is 5.09. The molecule has 0 amide bonds. The van der Waals surface area contributed by atoms with Crippen molar-refractivity contribution in [2.24, 2.45) is 4.99 Å². The second-order valence-corrected chi connectivity index (χ2v) is 6.04. The van der Waals surface area contributed by atoms with Crippen molar-refractivity contribution >= 4 is 17.3 Å². The van der Waals surface area contributed by atoms with Crippen LogP contribution in [0.25, 0.3) is 0 Å². The van der Waals surface area contributed by atoms with E-state index in [1.54, 1.807) is 0 Å². The van der Waals surface area contributed by atoms with E-state index < -0.39 is 0 Å². The lowest BCUT2D eigenvalue weighted by atomic mass is 9.94. The Labute approximate surface area is 104 Å². The Kier molecular flexibility index (Phi) is 3.80. The average molecular weight is 238 g/mol. The summed E-state index contributed by atoms with van der Waals surface area (Å²) in [5, 5.41) is 0. The molecule has 0 saturated carbocycles. The lowest BCUT2D eigenvalue weighted by Gasteiger charge is -2.25. The lowest BCUT2D eigenvalue weighted by Crippen LogP contribution is -2.26. The normalized spacial score (nSPS) is 14.0. The minimum atomic E-state index is -0.383. The van der Waals surface area contributed by atoms with Gasteiger partial charge in [0.15, 0.2) is 0 Å². The first-order valence-electron chi connectivity index (χ1n) is 5.55. The third-order valence-electron chi connectivity index (χ3n) is 2.79. The van der Waals surface area contributed by atoms with Gasteiger partial charge in [-0.05, 0) is 40.2 Å². The summed E-state index contributed by atoms with van der Waals surface area (Å²) in [4.78, 5) is 4.35. The molecule has 16 heavy (non-hydrogen) atoms. The van der Waals surface area contributed by atoms with Crippen molar-refractivity contribution in [3.63, 3.8) is 0 Å². The molecule has 0 fully saturated rings. The lowest BCUT2D eigenvalue weighted by molar-refractivity contribution is 0.553. The van der Waals surface area contributed by atoms with Gasteiger partial charge in [-0.15, -0.1) is 11.6 Å². The number of alkyl halides is 1. The number of halogens is 1. The molecule has 1 rings (SSSR count). The zero-order valence-electron chi connectivity index (χ0n) is 10.7. The summed E-state index contributed by atoms with van der Waals surface area (Å²) < 4.78 is 0. The fourth-order valence-electron chi connectivity index (χ4n) is 1.46. The van der Waals surface area contributed by atoms with Crippen LogP contribution >= 0.6 is 11.6 Å². The number of benzene rings is 1. The van der Waals surface area contributed by atoms with Crippen molar-refractivity contribution < 1.29 is 0 Å². The van der Waals surface area contributed by atoms with Gasteiger partial charge in [0.25, 0.3) is 0 Å². The molecule has 0 unspecified atom stereocenters. The molecule has 2 heteroatoms. The van der Waals surface area contributed by atoms with Crippen LogP contribution in [0, 0.1) is 0 Å². The third-order valence-corrected chi connectivity index (χ3v) is 3.06. The molecular weight excluding hydrogens is 218 g/mol. The van der Waals surface area contributed by atoms with Crippen LogP contribution in [-0.4, -0.2) is 10.6 Å². The summed E-state index contributed by atoms with van der Waals surface area (Å²) in [6, 6.07) is 10.3. The van der Waals surface area contributed by atoms with Gasteiger partial charge in [-0.25, -0.2) is 0 Å². The first-order valence-corrected chi connectivity index (χ1v) is 5.92. The molecule has 0 spiro atoms. The molecule has 0 radical (unpaired) electrons. The highest BCUT2D eigenvalue weighted by molar-refractivity contribution is 6.35. The highest BCUT2D eigenvalue weighted by atomic mass is 35.5. The predicted molar refractivity (Wildman–Crippen MR) is 72.5 cm³/mol. The molecule has 0 heterocycles. The van der Waals surface area contributed by atoms with Crippen molar-refractivity contribution in [1.29, 1.82) is 0 Å². The van der Waals surface area contributed by atoms with E-state index in [2.05, 4.69) is 26.0 Å². The molecule has 1 nitrogen and oxygen atoms in total. The van der Waals surface area contributed by atoms with E-state index >= 15 is 0 Å². The van der Waals surface area contributed by atoms with Crippen LogP contribution in [0.5, 0.6) is 0 Å². The average Bonchev–Trinajstić information content (AvgIpc) is 2.17. The van der Waals surface area contributed by atoms with Crippen molar-refractivity contribution in [3.8, 4) is 0 Å². The maximum absolute atomic E-state index is 6.25. The van der Waals surface area contributed by atoms with E-state index in [9.17, 15) is 0 Å². The molecule has 0 bridgehead atoms. The van der Waals surface area contributed by atoms with E-state index in [1.165, 1.54) is 5.56 Å². The Hall–Kier alpha value is -0.820. The summed E-state index contributed by atoms with van der Waals surface area (Å²) in [7, 11) is 0. The fourth-order valence-corrected chi connectivity index (χ4v) is 1.51. The van der Waals surface area contributed by atoms with Gasteiger partial charge < -0.3 is 0 Å². The number of hydrogen-bond donors (Lipinski definition) is 0. The van der Waals surface area contributed by atoms with Crippen molar-refractivity contribution in [2.75, 3.05) is 0 Å². The van der Waals surface area contributed by atoms with Crippen molar-refractivity contribution in [3.05, 3.63) is 35.9 Å². The molecule has 0 aliphatic rings. The molecule has 0 aliphatic carbocycles. The molecule has 0 atom stereocenters. The van der Waals surface area contributed by atoms with Crippen LogP contribution in [0.4, 0.5) is 0 Å². The Morgan fingerprint density at radius 2 is 1.56 bits per heavy atom. The Balaban J connectivity index is 3.05. The molecule has 0 aromatic heterocycles. The maximum atomic E-state index is 6.25. The quantitative estimate of drug-likeness (QED) is 0.546. The van der Waals surface area contributed by atoms with Gasteiger partial charge in [0.1, 0.15) is 0 Å². The van der Waals surface area contributed by atoms with Crippen molar-refractivity contribution in [1.82, 2.24) is 0 Å². The summed E-state index contributed by atoms with van der Waals surface area (Å²) >= 11 is 6.25. The maximum Gasteiger partial charge on any atom is 0.0800 e. The first kappa shape index (κ1) is 13.2. The number of rotatable bonds is 3. The van der Waals surface area contributed by atoms with Gasteiger partial charge in [0, 0.05) is 5.71 Å². The standard InChI is InChI=1S/C14H20ClN/c1-11(13(2,3)15)16-14(4,5)12-9-7-6-8-10-12/h6-10H,1-5H3. The SMILES string of the molecule is CC(=NC(C)(C)c1ccccc1)C(C)(C)Cl. The van der Waals surface area contributed by atoms with Gasteiger partial charge in [-0.1, -0.05) is 30.3 Å². The van der Waals surface area contributed by atoms with Gasteiger partial charge in [0.05, 0.1) is 10.4 Å². The number of nitrogens with zero attached hydrogens (tertiary/aromatic N) is 1. The molecule has 88 valence electrons. The van der Waals surface area contributed by atoms with Gasteiger partial charge >= 0.3 is 0 Å². The summed E-state index contributed by atoms with van der Waals surface area (Å²) in [6.07, 6.45) is 0. The zero-order valence-corrected chi connectivity index (χ0v) is 11.5. The highest BCUT2D eigenvalue weighted by Gasteiger charge is 2.24. The zero-order chi connectivity index (χ0) is 12.4. The Morgan fingerprint density at radius 1 is 1.06 bits per heavy atom. The van der Waals surface area contributed by atoms with Crippen LogP contribution in [0.15, 0.2) is 35.3 Å². The largest absolute Gasteiger partial charge is 0.282 e. The molecule has 0 saturated heterocycles. The van der Waals surface area contributed by atoms with Gasteiger partial charge in [0.2, 0.25) is 0 Å². The van der Waals surface area contributed by atoms with Crippen molar-refractivity contribution in [2.45, 2.75) is 45.0 Å². The minimum absolute atomic E-state index is 0.225. The minimum Gasteiger partial charge on any atom is -0.282 e. The van der Waals surface area contributed by atoms with E-state index in [0.29, 0.717) is 0 Å². The number of aliphatic imine (C=N–C) groups is 1. The highest BCUT2D eigenvalue weighted by Crippen LogP contribution is 2.27. The molecule has 0 aliphatic heterocycles.